The lowest BCUT2D eigenvalue weighted by molar-refractivity contribution is 0.291. The summed E-state index contributed by atoms with van der Waals surface area (Å²) >= 11 is 0. The molecule has 0 N–H and O–H groups in total. The average molecular weight is 320 g/mol. The lowest BCUT2D eigenvalue weighted by atomic mass is 10.2. The highest BCUT2D eigenvalue weighted by Crippen LogP contribution is 2.18. The molecule has 0 unspecified atom stereocenters. The van der Waals surface area contributed by atoms with Gasteiger partial charge in [-0.15, -0.1) is 0 Å². The first-order valence-corrected chi connectivity index (χ1v) is 8.47. The molecule has 0 radical (unpaired) electrons. The molecule has 0 aliphatic rings. The van der Waals surface area contributed by atoms with Crippen molar-refractivity contribution in [3.63, 3.8) is 0 Å². The van der Waals surface area contributed by atoms with Crippen molar-refractivity contribution in [3.8, 4) is 5.88 Å². The summed E-state index contributed by atoms with van der Waals surface area (Å²) in [5, 5.41) is -0.00531. The van der Waals surface area contributed by atoms with Gasteiger partial charge in [-0.2, -0.15) is 4.31 Å². The smallest absolute Gasteiger partial charge is 0.260 e. The highest BCUT2D eigenvalue weighted by atomic mass is 32.2. The van der Waals surface area contributed by atoms with E-state index in [2.05, 4.69) is 4.98 Å². The Morgan fingerprint density at radius 3 is 2.41 bits per heavy atom. The van der Waals surface area contributed by atoms with Crippen LogP contribution < -0.4 is 4.74 Å². The zero-order valence-corrected chi connectivity index (χ0v) is 13.7. The van der Waals surface area contributed by atoms with Crippen LogP contribution >= 0.6 is 0 Å². The van der Waals surface area contributed by atoms with E-state index in [9.17, 15) is 8.42 Å². The lowest BCUT2D eigenvalue weighted by Gasteiger charge is -2.20. The van der Waals surface area contributed by atoms with E-state index in [0.717, 1.165) is 5.56 Å². The van der Waals surface area contributed by atoms with Crippen molar-refractivity contribution in [1.82, 2.24) is 9.29 Å². The lowest BCUT2D eigenvalue weighted by Crippen LogP contribution is -2.33. The van der Waals surface area contributed by atoms with Crippen molar-refractivity contribution < 1.29 is 13.2 Å². The van der Waals surface area contributed by atoms with Crippen molar-refractivity contribution in [1.29, 1.82) is 0 Å². The Hall–Kier alpha value is -1.92. The van der Waals surface area contributed by atoms with E-state index >= 15 is 0 Å². The van der Waals surface area contributed by atoms with Crippen LogP contribution in [0.15, 0.2) is 53.6 Å². The van der Waals surface area contributed by atoms with Crippen LogP contribution in [-0.2, 0) is 16.6 Å². The summed E-state index contributed by atoms with van der Waals surface area (Å²) in [6, 6.07) is 14.3. The minimum Gasteiger partial charge on any atom is -0.473 e. The number of ether oxygens (including phenoxy) is 1. The number of sulfonamides is 1. The number of rotatable bonds is 6. The molecule has 6 heteroatoms. The van der Waals surface area contributed by atoms with Gasteiger partial charge in [0, 0.05) is 19.2 Å². The van der Waals surface area contributed by atoms with Gasteiger partial charge < -0.3 is 4.74 Å². The van der Waals surface area contributed by atoms with Crippen molar-refractivity contribution in [2.75, 3.05) is 7.05 Å². The van der Waals surface area contributed by atoms with Gasteiger partial charge in [0.15, 0.2) is 5.03 Å². The van der Waals surface area contributed by atoms with Crippen LogP contribution in [0.5, 0.6) is 5.88 Å². The Kier molecular flexibility index (Phi) is 5.15. The molecule has 1 aromatic heterocycles. The average Bonchev–Trinajstić information content (AvgIpc) is 2.53. The molecule has 0 spiro atoms. The predicted octanol–water partition coefficient (Wildman–Crippen LogP) is 2.69. The maximum atomic E-state index is 12.4. The molecule has 2 rings (SSSR count). The predicted molar refractivity (Wildman–Crippen MR) is 85.1 cm³/mol. The second-order valence-corrected chi connectivity index (χ2v) is 7.15. The zero-order valence-electron chi connectivity index (χ0n) is 12.9. The molecule has 2 aromatic rings. The SMILES string of the molecule is CC(C)N(C)S(=O)(=O)c1cccc(OCc2ccccc2)n1. The molecule has 5 nitrogen and oxygen atoms in total. The zero-order chi connectivity index (χ0) is 16.2. The van der Waals surface area contributed by atoms with E-state index in [1.165, 1.54) is 10.4 Å². The van der Waals surface area contributed by atoms with Crippen LogP contribution in [-0.4, -0.2) is 30.8 Å². The van der Waals surface area contributed by atoms with Crippen LogP contribution in [0, 0.1) is 0 Å². The highest BCUT2D eigenvalue weighted by Gasteiger charge is 2.24. The number of benzene rings is 1. The normalized spacial score (nSPS) is 11.9. The summed E-state index contributed by atoms with van der Waals surface area (Å²) in [7, 11) is -2.06. The van der Waals surface area contributed by atoms with Crippen molar-refractivity contribution in [2.24, 2.45) is 0 Å². The molecule has 0 fully saturated rings. The molecule has 0 bridgehead atoms. The molecule has 0 aliphatic carbocycles. The van der Waals surface area contributed by atoms with E-state index in [4.69, 9.17) is 4.74 Å². The number of hydrogen-bond donors (Lipinski definition) is 0. The van der Waals surface area contributed by atoms with Gasteiger partial charge in [-0.05, 0) is 25.5 Å². The minimum atomic E-state index is -3.60. The van der Waals surface area contributed by atoms with Crippen molar-refractivity contribution in [2.45, 2.75) is 31.5 Å². The summed E-state index contributed by atoms with van der Waals surface area (Å²) in [5.41, 5.74) is 0.997. The van der Waals surface area contributed by atoms with Gasteiger partial charge in [0.25, 0.3) is 10.0 Å². The van der Waals surface area contributed by atoms with Crippen LogP contribution in [0.25, 0.3) is 0 Å². The highest BCUT2D eigenvalue weighted by molar-refractivity contribution is 7.89. The molecule has 0 aliphatic heterocycles. The molecule has 22 heavy (non-hydrogen) atoms. The Balaban J connectivity index is 2.17. The topological polar surface area (TPSA) is 59.5 Å². The Morgan fingerprint density at radius 2 is 1.77 bits per heavy atom. The maximum absolute atomic E-state index is 12.4. The van der Waals surface area contributed by atoms with Crippen molar-refractivity contribution >= 4 is 10.0 Å². The Morgan fingerprint density at radius 1 is 1.09 bits per heavy atom. The molecular formula is C16H20N2O3S. The summed E-state index contributed by atoms with van der Waals surface area (Å²) in [5.74, 6) is 0.294. The summed E-state index contributed by atoms with van der Waals surface area (Å²) in [6.07, 6.45) is 0. The number of nitrogens with zero attached hydrogens (tertiary/aromatic N) is 2. The fourth-order valence-corrected chi connectivity index (χ4v) is 3.08. The third-order valence-electron chi connectivity index (χ3n) is 3.30. The second-order valence-electron chi connectivity index (χ2n) is 5.20. The van der Waals surface area contributed by atoms with E-state index in [-0.39, 0.29) is 11.1 Å². The monoisotopic (exact) mass is 320 g/mol. The van der Waals surface area contributed by atoms with Gasteiger partial charge >= 0.3 is 0 Å². The molecule has 0 saturated carbocycles. The van der Waals surface area contributed by atoms with Crippen LogP contribution in [0.3, 0.4) is 0 Å². The fourth-order valence-electron chi connectivity index (χ4n) is 1.78. The van der Waals surface area contributed by atoms with Gasteiger partial charge in [0.1, 0.15) is 6.61 Å². The standard InChI is InChI=1S/C16H20N2O3S/c1-13(2)18(3)22(19,20)16-11-7-10-15(17-16)21-12-14-8-5-4-6-9-14/h4-11,13H,12H2,1-3H3. The van der Waals surface area contributed by atoms with Crippen molar-refractivity contribution in [3.05, 3.63) is 54.1 Å². The molecule has 0 saturated heterocycles. The fraction of sp³-hybridized carbons (Fsp3) is 0.312. The van der Waals surface area contributed by atoms with E-state index in [1.807, 2.05) is 44.2 Å². The largest absolute Gasteiger partial charge is 0.473 e. The first-order valence-electron chi connectivity index (χ1n) is 7.03. The maximum Gasteiger partial charge on any atom is 0.260 e. The van der Waals surface area contributed by atoms with E-state index in [0.29, 0.717) is 12.5 Å². The van der Waals surface area contributed by atoms with E-state index in [1.54, 1.807) is 19.2 Å². The van der Waals surface area contributed by atoms with Crippen LogP contribution in [0.4, 0.5) is 0 Å². The number of aromatic nitrogens is 1. The van der Waals surface area contributed by atoms with Gasteiger partial charge in [0.05, 0.1) is 0 Å². The molecule has 1 heterocycles. The molecule has 0 atom stereocenters. The summed E-state index contributed by atoms with van der Waals surface area (Å²) < 4.78 is 31.7. The third-order valence-corrected chi connectivity index (χ3v) is 5.23. The van der Waals surface area contributed by atoms with Crippen LogP contribution in [0.2, 0.25) is 0 Å². The first kappa shape index (κ1) is 16.5. The second kappa shape index (κ2) is 6.89. The van der Waals surface area contributed by atoms with E-state index < -0.39 is 10.0 Å². The third kappa shape index (κ3) is 3.84. The number of hydrogen-bond acceptors (Lipinski definition) is 4. The van der Waals surface area contributed by atoms with Gasteiger partial charge in [0.2, 0.25) is 5.88 Å². The van der Waals surface area contributed by atoms with Crippen LogP contribution in [0.1, 0.15) is 19.4 Å². The Bertz CT molecular complexity index is 715. The molecule has 1 aromatic carbocycles. The quantitative estimate of drug-likeness (QED) is 0.821. The van der Waals surface area contributed by atoms with Gasteiger partial charge in [-0.3, -0.25) is 0 Å². The molecular weight excluding hydrogens is 300 g/mol. The summed E-state index contributed by atoms with van der Waals surface area (Å²) in [4.78, 5) is 4.11. The molecule has 0 amide bonds. The minimum absolute atomic E-state index is 0.00531. The summed E-state index contributed by atoms with van der Waals surface area (Å²) in [6.45, 7) is 3.97. The van der Waals surface area contributed by atoms with Gasteiger partial charge in [-0.1, -0.05) is 36.4 Å². The number of pyridine rings is 1. The Labute approximate surface area is 131 Å². The molecule has 118 valence electrons. The first-order chi connectivity index (χ1) is 10.4. The van der Waals surface area contributed by atoms with Gasteiger partial charge in [-0.25, -0.2) is 13.4 Å².